The summed E-state index contributed by atoms with van der Waals surface area (Å²) in [5.74, 6) is -0.0553. The summed E-state index contributed by atoms with van der Waals surface area (Å²) in [7, 11) is 0. The summed E-state index contributed by atoms with van der Waals surface area (Å²) in [6.45, 7) is -0.665. The molecular weight excluding hydrogens is 186 g/mol. The van der Waals surface area contributed by atoms with E-state index in [0.717, 1.165) is 6.08 Å². The molecule has 74 valence electrons. The number of phenols is 1. The van der Waals surface area contributed by atoms with Crippen LogP contribution in [0.5, 0.6) is 5.75 Å². The molecule has 0 aliphatic carbocycles. The third kappa shape index (κ3) is 2.30. The first kappa shape index (κ1) is 10.2. The van der Waals surface area contributed by atoms with Crippen molar-refractivity contribution in [2.24, 2.45) is 0 Å². The standard InChI is InChI=1S/C9H9NO4/c11-6-8(10(13)14)5-7-3-1-2-4-9(7)12/h1-5,11-12H,6H2/b8-5+. The van der Waals surface area contributed by atoms with Gasteiger partial charge in [-0.1, -0.05) is 18.2 Å². The molecule has 0 atom stereocenters. The molecule has 0 saturated heterocycles. The highest BCUT2D eigenvalue weighted by atomic mass is 16.6. The number of hydrogen-bond acceptors (Lipinski definition) is 4. The number of nitrogens with zero attached hydrogens (tertiary/aromatic N) is 1. The molecule has 0 aromatic heterocycles. The zero-order valence-electron chi connectivity index (χ0n) is 7.25. The van der Waals surface area contributed by atoms with Gasteiger partial charge < -0.3 is 10.2 Å². The van der Waals surface area contributed by atoms with Gasteiger partial charge in [-0.05, 0) is 6.07 Å². The minimum Gasteiger partial charge on any atom is -0.507 e. The Morgan fingerprint density at radius 3 is 2.64 bits per heavy atom. The average molecular weight is 195 g/mol. The number of benzene rings is 1. The van der Waals surface area contributed by atoms with Crippen LogP contribution in [0.25, 0.3) is 6.08 Å². The average Bonchev–Trinajstić information content (AvgIpc) is 2.16. The fourth-order valence-corrected chi connectivity index (χ4v) is 0.945. The summed E-state index contributed by atoms with van der Waals surface area (Å²) in [6, 6.07) is 6.19. The number of aliphatic hydroxyl groups excluding tert-OH is 1. The van der Waals surface area contributed by atoms with Crippen molar-refractivity contribution in [3.8, 4) is 5.75 Å². The lowest BCUT2D eigenvalue weighted by Crippen LogP contribution is -2.02. The van der Waals surface area contributed by atoms with E-state index in [-0.39, 0.29) is 11.4 Å². The number of aliphatic hydroxyl groups is 1. The Morgan fingerprint density at radius 2 is 2.14 bits per heavy atom. The summed E-state index contributed by atoms with van der Waals surface area (Å²) >= 11 is 0. The highest BCUT2D eigenvalue weighted by molar-refractivity contribution is 5.57. The van der Waals surface area contributed by atoms with Crippen LogP contribution in [0.15, 0.2) is 30.0 Å². The smallest absolute Gasteiger partial charge is 0.272 e. The molecule has 0 saturated carbocycles. The molecule has 0 spiro atoms. The zero-order chi connectivity index (χ0) is 10.6. The molecule has 0 amide bonds. The number of nitro groups is 1. The molecule has 2 N–H and O–H groups in total. The van der Waals surface area contributed by atoms with Crippen LogP contribution in [-0.2, 0) is 0 Å². The molecule has 0 radical (unpaired) electrons. The van der Waals surface area contributed by atoms with E-state index in [0.29, 0.717) is 5.56 Å². The summed E-state index contributed by atoms with van der Waals surface area (Å²) in [5.41, 5.74) is -0.0419. The Morgan fingerprint density at radius 1 is 1.50 bits per heavy atom. The van der Waals surface area contributed by atoms with Gasteiger partial charge in [0.25, 0.3) is 5.70 Å². The van der Waals surface area contributed by atoms with E-state index >= 15 is 0 Å². The first-order chi connectivity index (χ1) is 6.65. The van der Waals surface area contributed by atoms with Gasteiger partial charge in [-0.15, -0.1) is 0 Å². The predicted octanol–water partition coefficient (Wildman–Crippen LogP) is 1.00. The Bertz CT molecular complexity index is 373. The van der Waals surface area contributed by atoms with Crippen LogP contribution in [-0.4, -0.2) is 21.7 Å². The fourth-order valence-electron chi connectivity index (χ4n) is 0.945. The van der Waals surface area contributed by atoms with Crippen molar-refractivity contribution in [1.82, 2.24) is 0 Å². The van der Waals surface area contributed by atoms with Crippen LogP contribution in [0.1, 0.15) is 5.56 Å². The zero-order valence-corrected chi connectivity index (χ0v) is 7.25. The molecule has 0 aliphatic rings. The largest absolute Gasteiger partial charge is 0.507 e. The van der Waals surface area contributed by atoms with Crippen LogP contribution >= 0.6 is 0 Å². The van der Waals surface area contributed by atoms with Gasteiger partial charge in [0, 0.05) is 11.6 Å². The van der Waals surface area contributed by atoms with Crippen molar-refractivity contribution in [3.63, 3.8) is 0 Å². The molecule has 1 rings (SSSR count). The maximum absolute atomic E-state index is 10.3. The van der Waals surface area contributed by atoms with Crippen LogP contribution in [0, 0.1) is 10.1 Å². The lowest BCUT2D eigenvalue weighted by molar-refractivity contribution is -0.428. The fraction of sp³-hybridized carbons (Fsp3) is 0.111. The topological polar surface area (TPSA) is 83.6 Å². The van der Waals surface area contributed by atoms with E-state index < -0.39 is 11.5 Å². The first-order valence-electron chi connectivity index (χ1n) is 3.89. The van der Waals surface area contributed by atoms with Crippen LogP contribution in [0.2, 0.25) is 0 Å². The van der Waals surface area contributed by atoms with Crippen molar-refractivity contribution < 1.29 is 15.1 Å². The number of hydrogen-bond donors (Lipinski definition) is 2. The summed E-state index contributed by atoms with van der Waals surface area (Å²) in [6.07, 6.45) is 1.13. The molecule has 0 aliphatic heterocycles. The van der Waals surface area contributed by atoms with Crippen LogP contribution in [0.4, 0.5) is 0 Å². The van der Waals surface area contributed by atoms with E-state index in [4.69, 9.17) is 5.11 Å². The van der Waals surface area contributed by atoms with Crippen molar-refractivity contribution >= 4 is 6.08 Å². The minimum absolute atomic E-state index is 0.0553. The van der Waals surface area contributed by atoms with E-state index in [9.17, 15) is 15.2 Å². The number of para-hydroxylation sites is 1. The first-order valence-corrected chi connectivity index (χ1v) is 3.89. The Kier molecular flexibility index (Phi) is 3.19. The van der Waals surface area contributed by atoms with Gasteiger partial charge in [0.1, 0.15) is 12.4 Å². The molecule has 0 unspecified atom stereocenters. The van der Waals surface area contributed by atoms with Gasteiger partial charge in [-0.3, -0.25) is 10.1 Å². The van der Waals surface area contributed by atoms with Crippen molar-refractivity contribution in [2.45, 2.75) is 0 Å². The predicted molar refractivity (Wildman–Crippen MR) is 50.2 cm³/mol. The second-order valence-electron chi connectivity index (χ2n) is 2.61. The van der Waals surface area contributed by atoms with Gasteiger partial charge in [-0.25, -0.2) is 0 Å². The number of phenolic OH excluding ortho intramolecular Hbond substituents is 1. The van der Waals surface area contributed by atoms with E-state index in [1.165, 1.54) is 12.1 Å². The highest BCUT2D eigenvalue weighted by Crippen LogP contribution is 2.18. The molecule has 14 heavy (non-hydrogen) atoms. The molecule has 5 nitrogen and oxygen atoms in total. The Balaban J connectivity index is 3.07. The van der Waals surface area contributed by atoms with Gasteiger partial charge in [0.05, 0.1) is 4.92 Å². The molecule has 0 bridgehead atoms. The van der Waals surface area contributed by atoms with E-state index in [2.05, 4.69) is 0 Å². The van der Waals surface area contributed by atoms with E-state index in [1.807, 2.05) is 0 Å². The summed E-state index contributed by atoms with van der Waals surface area (Å²) in [4.78, 5) is 9.65. The molecular formula is C9H9NO4. The molecule has 1 aromatic carbocycles. The lowest BCUT2D eigenvalue weighted by Gasteiger charge is -1.97. The third-order valence-electron chi connectivity index (χ3n) is 1.66. The van der Waals surface area contributed by atoms with E-state index in [1.54, 1.807) is 12.1 Å². The Hall–Kier alpha value is -1.88. The summed E-state index contributed by atoms with van der Waals surface area (Å²) in [5, 5.41) is 28.3. The maximum atomic E-state index is 10.3. The van der Waals surface area contributed by atoms with Gasteiger partial charge in [-0.2, -0.15) is 0 Å². The highest BCUT2D eigenvalue weighted by Gasteiger charge is 2.09. The second kappa shape index (κ2) is 4.38. The van der Waals surface area contributed by atoms with Crippen molar-refractivity contribution in [1.29, 1.82) is 0 Å². The van der Waals surface area contributed by atoms with Crippen molar-refractivity contribution in [3.05, 3.63) is 45.6 Å². The monoisotopic (exact) mass is 195 g/mol. The minimum atomic E-state index is -0.688. The quantitative estimate of drug-likeness (QED) is 0.556. The van der Waals surface area contributed by atoms with Gasteiger partial charge >= 0.3 is 0 Å². The van der Waals surface area contributed by atoms with Gasteiger partial charge in [0.2, 0.25) is 0 Å². The second-order valence-corrected chi connectivity index (χ2v) is 2.61. The van der Waals surface area contributed by atoms with Crippen LogP contribution < -0.4 is 0 Å². The van der Waals surface area contributed by atoms with Gasteiger partial charge in [0.15, 0.2) is 0 Å². The third-order valence-corrected chi connectivity index (χ3v) is 1.66. The Labute approximate surface area is 80.1 Å². The molecule has 1 aromatic rings. The molecule has 5 heteroatoms. The SMILES string of the molecule is O=[N+]([O-])/C(=C/c1ccccc1O)CO. The molecule has 0 fully saturated rings. The lowest BCUT2D eigenvalue weighted by atomic mass is 10.2. The van der Waals surface area contributed by atoms with Crippen LogP contribution in [0.3, 0.4) is 0 Å². The summed E-state index contributed by atoms with van der Waals surface area (Å²) < 4.78 is 0. The maximum Gasteiger partial charge on any atom is 0.272 e. The molecule has 0 heterocycles. The number of aromatic hydroxyl groups is 1. The number of rotatable bonds is 3. The van der Waals surface area contributed by atoms with Crippen molar-refractivity contribution in [2.75, 3.05) is 6.61 Å². The normalized spacial score (nSPS) is 11.4.